The van der Waals surface area contributed by atoms with E-state index in [1.54, 1.807) is 24.9 Å². The number of nitrogens with zero attached hydrogens (tertiary/aromatic N) is 1. The first kappa shape index (κ1) is 15.3. The summed E-state index contributed by atoms with van der Waals surface area (Å²) in [6.45, 7) is 4.05. The molecule has 2 aromatic rings. The zero-order valence-electron chi connectivity index (χ0n) is 12.3. The van der Waals surface area contributed by atoms with Gasteiger partial charge in [0.1, 0.15) is 17.4 Å². The molecule has 2 rings (SSSR count). The van der Waals surface area contributed by atoms with Gasteiger partial charge < -0.3 is 9.47 Å². The average Bonchev–Trinajstić information content (AvgIpc) is 2.49. The average molecular weight is 299 g/mol. The van der Waals surface area contributed by atoms with E-state index in [0.717, 1.165) is 16.2 Å². The minimum Gasteiger partial charge on any atom is -0.493 e. The lowest BCUT2D eigenvalue weighted by atomic mass is 10.2. The van der Waals surface area contributed by atoms with Crippen molar-refractivity contribution in [3.63, 3.8) is 0 Å². The molecule has 108 valence electrons. The molecule has 3 nitrogen and oxygen atoms in total. The maximum Gasteiger partial charge on any atom is 0.169 e. The van der Waals surface area contributed by atoms with E-state index < -0.39 is 0 Å². The zero-order valence-corrected chi connectivity index (χ0v) is 13.2. The molecule has 0 atom stereocenters. The first-order valence-electron chi connectivity index (χ1n) is 6.68. The maximum atomic E-state index is 9.40. The largest absolute Gasteiger partial charge is 0.493 e. The highest BCUT2D eigenvalue weighted by atomic mass is 32.2. The lowest BCUT2D eigenvalue weighted by Crippen LogP contribution is -1.94. The molecule has 0 aromatic heterocycles. The third kappa shape index (κ3) is 3.50. The summed E-state index contributed by atoms with van der Waals surface area (Å²) in [5.74, 6) is 2.73. The van der Waals surface area contributed by atoms with Gasteiger partial charge >= 0.3 is 0 Å². The molecule has 0 spiro atoms. The fourth-order valence-electron chi connectivity index (χ4n) is 1.96. The summed E-state index contributed by atoms with van der Waals surface area (Å²) in [7, 11) is 1.61. The van der Waals surface area contributed by atoms with E-state index in [9.17, 15) is 5.26 Å². The van der Waals surface area contributed by atoms with Gasteiger partial charge in [0.15, 0.2) is 11.5 Å². The van der Waals surface area contributed by atoms with Crippen LogP contribution in [0.5, 0.6) is 17.2 Å². The number of hydrogen-bond acceptors (Lipinski definition) is 4. The molecule has 0 aliphatic heterocycles. The number of nitriles is 1. The van der Waals surface area contributed by atoms with Gasteiger partial charge in [0.25, 0.3) is 0 Å². The third-order valence-electron chi connectivity index (χ3n) is 2.94. The van der Waals surface area contributed by atoms with Gasteiger partial charge in [-0.2, -0.15) is 5.26 Å². The highest BCUT2D eigenvalue weighted by molar-refractivity contribution is 7.99. The highest BCUT2D eigenvalue weighted by Gasteiger charge is 2.12. The number of thioether (sulfide) groups is 1. The van der Waals surface area contributed by atoms with Crippen molar-refractivity contribution in [1.29, 1.82) is 5.26 Å². The van der Waals surface area contributed by atoms with Gasteiger partial charge in [-0.3, -0.25) is 0 Å². The van der Waals surface area contributed by atoms with E-state index >= 15 is 0 Å². The van der Waals surface area contributed by atoms with Crippen molar-refractivity contribution in [2.75, 3.05) is 12.9 Å². The molecule has 0 N–H and O–H groups in total. The van der Waals surface area contributed by atoms with E-state index in [1.807, 2.05) is 37.3 Å². The SMILES string of the molecule is CCSc1cccc(Oc2ccc(C)cc2OC)c1C#N. The second-order valence-corrected chi connectivity index (χ2v) is 5.74. The van der Waals surface area contributed by atoms with Gasteiger partial charge in [-0.1, -0.05) is 19.1 Å². The van der Waals surface area contributed by atoms with Gasteiger partial charge in [0.2, 0.25) is 0 Å². The second-order valence-electron chi connectivity index (χ2n) is 4.43. The molecular formula is C17H17NO2S. The summed E-state index contributed by atoms with van der Waals surface area (Å²) in [6, 6.07) is 13.6. The number of benzene rings is 2. The summed E-state index contributed by atoms with van der Waals surface area (Å²) >= 11 is 1.63. The summed E-state index contributed by atoms with van der Waals surface area (Å²) in [5.41, 5.74) is 1.65. The smallest absolute Gasteiger partial charge is 0.169 e. The van der Waals surface area contributed by atoms with Crippen LogP contribution in [-0.2, 0) is 0 Å². The predicted molar refractivity (Wildman–Crippen MR) is 85.4 cm³/mol. The van der Waals surface area contributed by atoms with Crippen molar-refractivity contribution >= 4 is 11.8 Å². The Morgan fingerprint density at radius 3 is 2.62 bits per heavy atom. The molecule has 0 saturated heterocycles. The minimum absolute atomic E-state index is 0.554. The maximum absolute atomic E-state index is 9.40. The Hall–Kier alpha value is -2.12. The Bertz CT molecular complexity index is 677. The van der Waals surface area contributed by atoms with Crippen LogP contribution in [0, 0.1) is 18.3 Å². The molecule has 2 aromatic carbocycles. The van der Waals surface area contributed by atoms with Crippen LogP contribution in [0.3, 0.4) is 0 Å². The van der Waals surface area contributed by atoms with Crippen LogP contribution in [0.25, 0.3) is 0 Å². The van der Waals surface area contributed by atoms with Crippen LogP contribution in [0.1, 0.15) is 18.1 Å². The normalized spacial score (nSPS) is 10.0. The van der Waals surface area contributed by atoms with Gasteiger partial charge in [0.05, 0.1) is 7.11 Å². The summed E-state index contributed by atoms with van der Waals surface area (Å²) in [4.78, 5) is 0.934. The van der Waals surface area contributed by atoms with E-state index in [4.69, 9.17) is 9.47 Å². The van der Waals surface area contributed by atoms with Crippen LogP contribution in [0.4, 0.5) is 0 Å². The molecule has 0 fully saturated rings. The zero-order chi connectivity index (χ0) is 15.2. The quantitative estimate of drug-likeness (QED) is 0.745. The third-order valence-corrected chi connectivity index (χ3v) is 3.88. The number of ether oxygens (including phenoxy) is 2. The van der Waals surface area contributed by atoms with Gasteiger partial charge in [0, 0.05) is 4.90 Å². The molecule has 0 amide bonds. The van der Waals surface area contributed by atoms with Gasteiger partial charge in [-0.15, -0.1) is 11.8 Å². The highest BCUT2D eigenvalue weighted by Crippen LogP contribution is 2.36. The summed E-state index contributed by atoms with van der Waals surface area (Å²) in [5, 5.41) is 9.40. The predicted octanol–water partition coefficient (Wildman–Crippen LogP) is 4.78. The first-order chi connectivity index (χ1) is 10.2. The number of rotatable bonds is 5. The van der Waals surface area contributed by atoms with Crippen molar-refractivity contribution in [1.82, 2.24) is 0 Å². The molecule has 0 heterocycles. The fourth-order valence-corrected chi connectivity index (χ4v) is 2.74. The van der Waals surface area contributed by atoms with Crippen LogP contribution in [0.15, 0.2) is 41.3 Å². The standard InChI is InChI=1S/C17H17NO2S/c1-4-21-17-7-5-6-14(13(17)11-18)20-15-9-8-12(2)10-16(15)19-3/h5-10H,4H2,1-3H3. The monoisotopic (exact) mass is 299 g/mol. The van der Waals surface area contributed by atoms with Crippen molar-refractivity contribution in [3.8, 4) is 23.3 Å². The van der Waals surface area contributed by atoms with E-state index in [1.165, 1.54) is 0 Å². The summed E-state index contributed by atoms with van der Waals surface area (Å²) in [6.07, 6.45) is 0. The minimum atomic E-state index is 0.554. The molecule has 21 heavy (non-hydrogen) atoms. The molecule has 0 saturated carbocycles. The lowest BCUT2D eigenvalue weighted by Gasteiger charge is -2.13. The first-order valence-corrected chi connectivity index (χ1v) is 7.66. The Labute approximate surface area is 129 Å². The molecule has 0 radical (unpaired) electrons. The topological polar surface area (TPSA) is 42.2 Å². The number of hydrogen-bond donors (Lipinski definition) is 0. The number of methoxy groups -OCH3 is 1. The molecule has 0 aliphatic rings. The van der Waals surface area contributed by atoms with Crippen LogP contribution < -0.4 is 9.47 Å². The van der Waals surface area contributed by atoms with Crippen molar-refractivity contribution in [2.24, 2.45) is 0 Å². The van der Waals surface area contributed by atoms with Crippen LogP contribution in [0.2, 0.25) is 0 Å². The van der Waals surface area contributed by atoms with E-state index in [-0.39, 0.29) is 0 Å². The fraction of sp³-hybridized carbons (Fsp3) is 0.235. The molecule has 4 heteroatoms. The number of aryl methyl sites for hydroxylation is 1. The van der Waals surface area contributed by atoms with Crippen molar-refractivity contribution in [3.05, 3.63) is 47.5 Å². The van der Waals surface area contributed by atoms with E-state index in [0.29, 0.717) is 22.8 Å². The van der Waals surface area contributed by atoms with Gasteiger partial charge in [-0.05, 0) is 42.5 Å². The Kier molecular flexibility index (Phi) is 5.13. The van der Waals surface area contributed by atoms with Crippen molar-refractivity contribution in [2.45, 2.75) is 18.7 Å². The molecular weight excluding hydrogens is 282 g/mol. The Balaban J connectivity index is 2.40. The van der Waals surface area contributed by atoms with Crippen molar-refractivity contribution < 1.29 is 9.47 Å². The van der Waals surface area contributed by atoms with Crippen LogP contribution in [-0.4, -0.2) is 12.9 Å². The lowest BCUT2D eigenvalue weighted by molar-refractivity contribution is 0.378. The molecule has 0 bridgehead atoms. The molecule has 0 aliphatic carbocycles. The van der Waals surface area contributed by atoms with Gasteiger partial charge in [-0.25, -0.2) is 0 Å². The summed E-state index contributed by atoms with van der Waals surface area (Å²) < 4.78 is 11.2. The second kappa shape index (κ2) is 7.05. The van der Waals surface area contributed by atoms with Crippen LogP contribution >= 0.6 is 11.8 Å². The Morgan fingerprint density at radius 1 is 1.14 bits per heavy atom. The molecule has 0 unspecified atom stereocenters. The Morgan fingerprint density at radius 2 is 1.95 bits per heavy atom. The van der Waals surface area contributed by atoms with E-state index in [2.05, 4.69) is 13.0 Å².